The zero-order chi connectivity index (χ0) is 19.8. The third-order valence-corrected chi connectivity index (χ3v) is 6.99. The highest BCUT2D eigenvalue weighted by molar-refractivity contribution is 5.69. The van der Waals surface area contributed by atoms with Crippen LogP contribution in [0.4, 0.5) is 4.79 Å². The number of piperidine rings is 3. The summed E-state index contributed by atoms with van der Waals surface area (Å²) in [5.41, 5.74) is 6.37. The van der Waals surface area contributed by atoms with E-state index in [0.717, 1.165) is 51.7 Å². The van der Waals surface area contributed by atoms with Gasteiger partial charge >= 0.3 is 6.09 Å². The first-order chi connectivity index (χ1) is 14.2. The largest absolute Gasteiger partial charge is 0.445 e. The first-order valence-corrected chi connectivity index (χ1v) is 11.0. The van der Waals surface area contributed by atoms with Gasteiger partial charge in [0, 0.05) is 6.54 Å². The van der Waals surface area contributed by atoms with Crippen LogP contribution in [0.25, 0.3) is 11.1 Å². The van der Waals surface area contributed by atoms with Crippen LogP contribution < -0.4 is 5.32 Å². The Morgan fingerprint density at radius 2 is 1.79 bits per heavy atom. The molecule has 3 aliphatic heterocycles. The molecule has 152 valence electrons. The summed E-state index contributed by atoms with van der Waals surface area (Å²) in [6, 6.07) is 15.4. The molecule has 29 heavy (non-hydrogen) atoms. The Morgan fingerprint density at radius 1 is 1.03 bits per heavy atom. The van der Waals surface area contributed by atoms with Crippen LogP contribution in [0.2, 0.25) is 0 Å². The molecule has 2 aromatic rings. The molecule has 3 fully saturated rings. The molecule has 4 heteroatoms. The molecular formula is C25H30N2O2. The van der Waals surface area contributed by atoms with Crippen LogP contribution in [0, 0.1) is 12.8 Å². The van der Waals surface area contributed by atoms with Crippen molar-refractivity contribution in [3.8, 4) is 11.1 Å². The Bertz CT molecular complexity index is 884. The minimum atomic E-state index is -0.246. The number of ether oxygens (including phenoxy) is 1. The predicted molar refractivity (Wildman–Crippen MR) is 115 cm³/mol. The van der Waals surface area contributed by atoms with Crippen molar-refractivity contribution in [1.29, 1.82) is 0 Å². The molecule has 3 saturated heterocycles. The van der Waals surface area contributed by atoms with Gasteiger partial charge in [0.05, 0.1) is 6.04 Å². The van der Waals surface area contributed by atoms with Crippen LogP contribution in [0.15, 0.2) is 42.5 Å². The number of nitrogens with zero attached hydrogens (tertiary/aromatic N) is 1. The fourth-order valence-corrected chi connectivity index (χ4v) is 5.25. The molecule has 2 atom stereocenters. The van der Waals surface area contributed by atoms with E-state index in [2.05, 4.69) is 59.6 Å². The minimum Gasteiger partial charge on any atom is -0.445 e. The van der Waals surface area contributed by atoms with E-state index in [4.69, 9.17) is 4.74 Å². The summed E-state index contributed by atoms with van der Waals surface area (Å²) in [6.07, 6.45) is 5.27. The Balaban J connectivity index is 1.28. The zero-order valence-electron chi connectivity index (χ0n) is 17.2. The molecule has 0 aromatic heterocycles. The van der Waals surface area contributed by atoms with Crippen molar-refractivity contribution >= 4 is 6.09 Å². The van der Waals surface area contributed by atoms with Gasteiger partial charge in [-0.05, 0) is 80.3 Å². The second kappa shape index (κ2) is 7.83. The minimum absolute atomic E-state index is 0.0550. The third-order valence-electron chi connectivity index (χ3n) is 6.99. The van der Waals surface area contributed by atoms with E-state index in [-0.39, 0.29) is 18.2 Å². The second-order valence-electron chi connectivity index (χ2n) is 8.95. The topological polar surface area (TPSA) is 41.6 Å². The normalized spacial score (nSPS) is 27.9. The lowest BCUT2D eigenvalue weighted by Gasteiger charge is -2.44. The number of hydrogen-bond donors (Lipinski definition) is 1. The van der Waals surface area contributed by atoms with E-state index >= 15 is 0 Å². The van der Waals surface area contributed by atoms with Crippen molar-refractivity contribution in [2.75, 3.05) is 19.6 Å². The van der Waals surface area contributed by atoms with Gasteiger partial charge in [-0.25, -0.2) is 4.79 Å². The molecule has 1 N–H and O–H groups in total. The molecule has 4 aliphatic rings. The van der Waals surface area contributed by atoms with E-state index in [1.165, 1.54) is 27.8 Å². The molecule has 0 radical (unpaired) electrons. The number of hydrogen-bond acceptors (Lipinski definition) is 3. The lowest BCUT2D eigenvalue weighted by atomic mass is 9.85. The lowest BCUT2D eigenvalue weighted by molar-refractivity contribution is -0.0340. The molecule has 4 nitrogen and oxygen atoms in total. The van der Waals surface area contributed by atoms with Crippen LogP contribution in [0.3, 0.4) is 0 Å². The zero-order valence-corrected chi connectivity index (χ0v) is 17.2. The number of rotatable bonds is 3. The smallest absolute Gasteiger partial charge is 0.407 e. The number of amides is 1. The summed E-state index contributed by atoms with van der Waals surface area (Å²) in [5.74, 6) is 0.543. The highest BCUT2D eigenvalue weighted by Gasteiger charge is 2.37. The Morgan fingerprint density at radius 3 is 2.52 bits per heavy atom. The van der Waals surface area contributed by atoms with Gasteiger partial charge in [-0.2, -0.15) is 0 Å². The summed E-state index contributed by atoms with van der Waals surface area (Å²) < 4.78 is 5.86. The maximum Gasteiger partial charge on any atom is 0.407 e. The Kier molecular flexibility index (Phi) is 5.04. The second-order valence-corrected chi connectivity index (χ2v) is 8.95. The van der Waals surface area contributed by atoms with Crippen molar-refractivity contribution < 1.29 is 9.53 Å². The fraction of sp³-hybridized carbons (Fsp3) is 0.480. The average Bonchev–Trinajstić information content (AvgIpc) is 2.75. The van der Waals surface area contributed by atoms with Crippen molar-refractivity contribution in [3.05, 3.63) is 59.2 Å². The highest BCUT2D eigenvalue weighted by Crippen LogP contribution is 2.34. The van der Waals surface area contributed by atoms with E-state index in [9.17, 15) is 4.79 Å². The maximum atomic E-state index is 12.6. The van der Waals surface area contributed by atoms with Crippen molar-refractivity contribution in [1.82, 2.24) is 10.2 Å². The van der Waals surface area contributed by atoms with Gasteiger partial charge in [0.1, 0.15) is 6.10 Å². The molecule has 1 amide bonds. The van der Waals surface area contributed by atoms with Crippen molar-refractivity contribution in [2.45, 2.75) is 51.2 Å². The van der Waals surface area contributed by atoms with Gasteiger partial charge in [-0.1, -0.05) is 48.0 Å². The number of alkyl carbamates (subject to hydrolysis) is 1. The molecule has 6 rings (SSSR count). The molecule has 2 aromatic carbocycles. The van der Waals surface area contributed by atoms with Crippen LogP contribution in [0.5, 0.6) is 0 Å². The van der Waals surface area contributed by atoms with Gasteiger partial charge in [-0.3, -0.25) is 4.90 Å². The Labute approximate surface area is 173 Å². The quantitative estimate of drug-likeness (QED) is 0.814. The van der Waals surface area contributed by atoms with Gasteiger partial charge in [0.15, 0.2) is 0 Å². The summed E-state index contributed by atoms with van der Waals surface area (Å²) in [7, 11) is 0. The number of nitrogens with one attached hydrogen (secondary N) is 1. The number of benzene rings is 2. The SMILES string of the molecule is Cc1ccc(-c2ccc3c(c2)CCCC3NC(=O)O[C@@H]2CN3CCC2CC3)cc1. The molecule has 0 spiro atoms. The maximum absolute atomic E-state index is 12.6. The summed E-state index contributed by atoms with van der Waals surface area (Å²) in [5, 5.41) is 3.17. The van der Waals surface area contributed by atoms with Crippen molar-refractivity contribution in [2.24, 2.45) is 5.92 Å². The summed E-state index contributed by atoms with van der Waals surface area (Å²) in [4.78, 5) is 15.1. The molecule has 1 unspecified atom stereocenters. The van der Waals surface area contributed by atoms with E-state index < -0.39 is 0 Å². The number of fused-ring (bicyclic) bond motifs is 4. The molecule has 1 aliphatic carbocycles. The first-order valence-electron chi connectivity index (χ1n) is 11.0. The fourth-order valence-electron chi connectivity index (χ4n) is 5.25. The summed E-state index contributed by atoms with van der Waals surface area (Å²) >= 11 is 0. The average molecular weight is 391 g/mol. The number of aryl methyl sites for hydroxylation is 2. The van der Waals surface area contributed by atoms with Gasteiger partial charge < -0.3 is 10.1 Å². The monoisotopic (exact) mass is 390 g/mol. The van der Waals surface area contributed by atoms with Crippen LogP contribution in [0.1, 0.15) is 48.4 Å². The van der Waals surface area contributed by atoms with E-state index in [1.807, 2.05) is 0 Å². The Hall–Kier alpha value is -2.33. The van der Waals surface area contributed by atoms with Crippen LogP contribution >= 0.6 is 0 Å². The highest BCUT2D eigenvalue weighted by atomic mass is 16.6. The van der Waals surface area contributed by atoms with Gasteiger partial charge in [0.2, 0.25) is 0 Å². The van der Waals surface area contributed by atoms with Crippen LogP contribution in [-0.2, 0) is 11.2 Å². The molecular weight excluding hydrogens is 360 g/mol. The van der Waals surface area contributed by atoms with Crippen molar-refractivity contribution in [3.63, 3.8) is 0 Å². The van der Waals surface area contributed by atoms with Gasteiger partial charge in [0.25, 0.3) is 0 Å². The third kappa shape index (κ3) is 3.91. The standard InChI is InChI=1S/C25H30N2O2/c1-17-5-7-18(8-6-17)20-9-10-22-21(15-20)3-2-4-23(22)26-25(28)29-24-16-27-13-11-19(24)12-14-27/h5-10,15,19,23-24H,2-4,11-14,16H2,1H3,(H,26,28)/t23?,24-/m1/s1. The molecule has 2 bridgehead atoms. The summed E-state index contributed by atoms with van der Waals surface area (Å²) in [6.45, 7) is 5.33. The number of carbonyl (C=O) groups is 1. The van der Waals surface area contributed by atoms with Gasteiger partial charge in [-0.15, -0.1) is 0 Å². The lowest BCUT2D eigenvalue weighted by Crippen LogP contribution is -2.52. The molecule has 3 heterocycles. The first kappa shape index (κ1) is 18.7. The number of carbonyl (C=O) groups excluding carboxylic acids is 1. The van der Waals surface area contributed by atoms with E-state index in [0.29, 0.717) is 5.92 Å². The van der Waals surface area contributed by atoms with E-state index in [1.54, 1.807) is 0 Å². The van der Waals surface area contributed by atoms with Crippen LogP contribution in [-0.4, -0.2) is 36.7 Å². The molecule has 0 saturated carbocycles. The predicted octanol–water partition coefficient (Wildman–Crippen LogP) is 4.86.